The van der Waals surface area contributed by atoms with Crippen molar-refractivity contribution in [3.63, 3.8) is 0 Å². The maximum absolute atomic E-state index is 13.0. The van der Waals surface area contributed by atoms with E-state index in [1.807, 2.05) is 25.1 Å². The Morgan fingerprint density at radius 3 is 3.00 bits per heavy atom. The van der Waals surface area contributed by atoms with Crippen molar-refractivity contribution in [2.45, 2.75) is 37.6 Å². The van der Waals surface area contributed by atoms with Crippen LogP contribution in [-0.4, -0.2) is 43.0 Å². The van der Waals surface area contributed by atoms with Crippen LogP contribution >= 0.6 is 0 Å². The van der Waals surface area contributed by atoms with Crippen molar-refractivity contribution in [2.75, 3.05) is 25.5 Å². The molecule has 0 aromatic heterocycles. The van der Waals surface area contributed by atoms with E-state index in [9.17, 15) is 9.59 Å². The number of anilines is 1. The molecule has 3 atom stereocenters. The lowest BCUT2D eigenvalue weighted by Crippen LogP contribution is -2.51. The monoisotopic (exact) mass is 340 g/mol. The molecule has 132 valence electrons. The van der Waals surface area contributed by atoms with Crippen molar-refractivity contribution < 1.29 is 14.3 Å². The van der Waals surface area contributed by atoms with Crippen LogP contribution in [0.2, 0.25) is 0 Å². The van der Waals surface area contributed by atoms with Gasteiger partial charge in [-0.25, -0.2) is 0 Å². The summed E-state index contributed by atoms with van der Waals surface area (Å²) in [4.78, 5) is 27.3. The number of amides is 1. The molecule has 0 unspecified atom stereocenters. The molecule has 0 aliphatic carbocycles. The zero-order valence-electron chi connectivity index (χ0n) is 14.7. The average molecular weight is 340 g/mol. The summed E-state index contributed by atoms with van der Waals surface area (Å²) in [7, 11) is 1.44. The number of carbonyl (C=O) groups is 2. The average Bonchev–Trinajstić information content (AvgIpc) is 3.14. The lowest BCUT2D eigenvalue weighted by Gasteiger charge is -2.42. The van der Waals surface area contributed by atoms with Crippen molar-refractivity contribution in [1.82, 2.24) is 4.90 Å². The highest BCUT2D eigenvalue weighted by Gasteiger charge is 2.59. The van der Waals surface area contributed by atoms with Crippen LogP contribution in [0.15, 0.2) is 35.9 Å². The van der Waals surface area contributed by atoms with Crippen LogP contribution in [0.1, 0.15) is 31.7 Å². The molecule has 4 rings (SSSR count). The fraction of sp³-hybridized carbons (Fsp3) is 0.500. The Hall–Kier alpha value is -2.14. The molecule has 3 heterocycles. The van der Waals surface area contributed by atoms with Crippen LogP contribution in [0.5, 0.6) is 0 Å². The van der Waals surface area contributed by atoms with E-state index >= 15 is 0 Å². The lowest BCUT2D eigenvalue weighted by atomic mass is 9.70. The molecule has 3 aliphatic heterocycles. The summed E-state index contributed by atoms with van der Waals surface area (Å²) in [5, 5.41) is 3.08. The number of ether oxygens (including phenoxy) is 1. The van der Waals surface area contributed by atoms with Gasteiger partial charge in [-0.2, -0.15) is 0 Å². The Morgan fingerprint density at radius 2 is 2.24 bits per heavy atom. The van der Waals surface area contributed by atoms with Crippen LogP contribution < -0.4 is 5.32 Å². The number of esters is 1. The van der Waals surface area contributed by atoms with Crippen LogP contribution in [0.25, 0.3) is 0 Å². The minimum atomic E-state index is -0.482. The van der Waals surface area contributed by atoms with Crippen molar-refractivity contribution in [1.29, 1.82) is 0 Å². The first-order valence-electron chi connectivity index (χ1n) is 8.97. The number of hydrogen-bond donors (Lipinski definition) is 1. The Balaban J connectivity index is 1.70. The molecule has 5 heteroatoms. The number of fused-ring (bicyclic) bond motifs is 4. The number of hydrogen-bond acceptors (Lipinski definition) is 4. The van der Waals surface area contributed by atoms with E-state index in [0.717, 1.165) is 37.2 Å². The highest BCUT2D eigenvalue weighted by molar-refractivity contribution is 6.07. The fourth-order valence-electron chi connectivity index (χ4n) is 5.02. The Labute approximate surface area is 148 Å². The van der Waals surface area contributed by atoms with E-state index in [4.69, 9.17) is 4.74 Å². The quantitative estimate of drug-likeness (QED) is 0.664. The third-order valence-electron chi connectivity index (χ3n) is 6.29. The van der Waals surface area contributed by atoms with Gasteiger partial charge in [-0.15, -0.1) is 0 Å². The van der Waals surface area contributed by atoms with Gasteiger partial charge >= 0.3 is 5.97 Å². The Bertz CT molecular complexity index is 757. The molecule has 2 saturated heterocycles. The van der Waals surface area contributed by atoms with Gasteiger partial charge in [0.15, 0.2) is 0 Å². The predicted octanol–water partition coefficient (Wildman–Crippen LogP) is 2.48. The van der Waals surface area contributed by atoms with Crippen molar-refractivity contribution in [3.05, 3.63) is 41.5 Å². The van der Waals surface area contributed by atoms with Gasteiger partial charge in [0, 0.05) is 24.8 Å². The number of nitrogens with one attached hydrogen (secondary N) is 1. The first kappa shape index (κ1) is 16.3. The van der Waals surface area contributed by atoms with Gasteiger partial charge in [-0.3, -0.25) is 14.5 Å². The summed E-state index contributed by atoms with van der Waals surface area (Å²) >= 11 is 0. The minimum Gasteiger partial charge on any atom is -0.469 e. The van der Waals surface area contributed by atoms with Crippen LogP contribution in [0.3, 0.4) is 0 Å². The highest BCUT2D eigenvalue weighted by Crippen LogP contribution is 2.52. The predicted molar refractivity (Wildman–Crippen MR) is 95.2 cm³/mol. The summed E-state index contributed by atoms with van der Waals surface area (Å²) in [5.74, 6) is 0.0808. The second-order valence-corrected chi connectivity index (χ2v) is 7.28. The molecule has 1 N–H and O–H groups in total. The van der Waals surface area contributed by atoms with E-state index in [1.165, 1.54) is 12.7 Å². The van der Waals surface area contributed by atoms with Crippen molar-refractivity contribution >= 4 is 17.6 Å². The third kappa shape index (κ3) is 2.33. The molecule has 1 spiro atoms. The van der Waals surface area contributed by atoms with Crippen LogP contribution in [-0.2, 0) is 19.7 Å². The Morgan fingerprint density at radius 1 is 1.44 bits per heavy atom. The van der Waals surface area contributed by atoms with Crippen LogP contribution in [0.4, 0.5) is 5.69 Å². The number of allylic oxidation sites excluding steroid dienone is 1. The second kappa shape index (κ2) is 5.99. The number of piperidine rings is 1. The third-order valence-corrected chi connectivity index (χ3v) is 6.29. The van der Waals surface area contributed by atoms with E-state index in [0.29, 0.717) is 6.42 Å². The molecular weight excluding hydrogens is 316 g/mol. The number of nitrogens with zero attached hydrogens (tertiary/aromatic N) is 1. The lowest BCUT2D eigenvalue weighted by molar-refractivity contribution is -0.141. The van der Waals surface area contributed by atoms with Gasteiger partial charge in [0.2, 0.25) is 5.91 Å². The minimum absolute atomic E-state index is 0.113. The number of methoxy groups -OCH3 is 1. The molecular formula is C20H24N2O3. The van der Waals surface area contributed by atoms with Gasteiger partial charge in [0.1, 0.15) is 0 Å². The van der Waals surface area contributed by atoms with Gasteiger partial charge in [0.25, 0.3) is 0 Å². The first-order chi connectivity index (χ1) is 12.1. The number of benzene rings is 1. The summed E-state index contributed by atoms with van der Waals surface area (Å²) in [6, 6.07) is 8.17. The molecule has 25 heavy (non-hydrogen) atoms. The highest BCUT2D eigenvalue weighted by atomic mass is 16.5. The van der Waals surface area contributed by atoms with Gasteiger partial charge in [-0.1, -0.05) is 29.8 Å². The maximum atomic E-state index is 13.0. The molecule has 2 fully saturated rings. The molecule has 3 aliphatic rings. The maximum Gasteiger partial charge on any atom is 0.306 e. The normalized spacial score (nSPS) is 32.6. The standard InChI is InChI=1S/C20H24N2O3/c1-3-13-12-22-9-8-20(17(22)10-14(13)11-18(23)25-2)15-6-4-5-7-16(15)21-19(20)24/h3-7,14,17H,8-12H2,1-2H3,(H,21,24)/b13-3-/t14-,17-,20-/m1/s1. The molecule has 1 amide bonds. The summed E-state index contributed by atoms with van der Waals surface area (Å²) in [5.41, 5.74) is 2.86. The number of para-hydroxylation sites is 1. The van der Waals surface area contributed by atoms with Gasteiger partial charge in [-0.05, 0) is 37.3 Å². The first-order valence-corrected chi connectivity index (χ1v) is 8.97. The van der Waals surface area contributed by atoms with Gasteiger partial charge in [0.05, 0.1) is 18.9 Å². The zero-order valence-corrected chi connectivity index (χ0v) is 14.7. The van der Waals surface area contributed by atoms with E-state index in [2.05, 4.69) is 22.4 Å². The smallest absolute Gasteiger partial charge is 0.306 e. The van der Waals surface area contributed by atoms with Crippen molar-refractivity contribution in [2.24, 2.45) is 5.92 Å². The fourth-order valence-corrected chi connectivity index (χ4v) is 5.02. The zero-order chi connectivity index (χ0) is 17.6. The number of carbonyl (C=O) groups excluding carboxylic acids is 2. The van der Waals surface area contributed by atoms with Gasteiger partial charge < -0.3 is 10.1 Å². The summed E-state index contributed by atoms with van der Waals surface area (Å²) < 4.78 is 4.89. The molecule has 0 radical (unpaired) electrons. The van der Waals surface area contributed by atoms with E-state index in [1.54, 1.807) is 0 Å². The second-order valence-electron chi connectivity index (χ2n) is 7.28. The SMILES string of the molecule is C/C=C1/CN2CC[C@]3(C(=O)Nc4ccccc43)[C@H]2C[C@@H]1CC(=O)OC. The summed E-state index contributed by atoms with van der Waals surface area (Å²) in [6.45, 7) is 3.78. The molecule has 5 nitrogen and oxygen atoms in total. The molecule has 0 saturated carbocycles. The molecule has 1 aromatic carbocycles. The molecule has 0 bridgehead atoms. The largest absolute Gasteiger partial charge is 0.469 e. The van der Waals surface area contributed by atoms with Crippen LogP contribution in [0, 0.1) is 5.92 Å². The topological polar surface area (TPSA) is 58.6 Å². The Kier molecular flexibility index (Phi) is 3.91. The molecule has 1 aromatic rings. The summed E-state index contributed by atoms with van der Waals surface area (Å²) in [6.07, 6.45) is 4.16. The van der Waals surface area contributed by atoms with Crippen molar-refractivity contribution in [3.8, 4) is 0 Å². The number of rotatable bonds is 2. The van der Waals surface area contributed by atoms with E-state index < -0.39 is 5.41 Å². The van der Waals surface area contributed by atoms with E-state index in [-0.39, 0.29) is 23.8 Å².